The lowest BCUT2D eigenvalue weighted by Gasteiger charge is -2.47. The second-order valence-corrected chi connectivity index (χ2v) is 15.5. The number of hydrogen-bond donors (Lipinski definition) is 2. The number of nitrogens with one attached hydrogen (secondary N) is 1. The summed E-state index contributed by atoms with van der Waals surface area (Å²) in [7, 11) is -2.36. The molecule has 2 aliphatic heterocycles. The Morgan fingerprint density at radius 1 is 1.16 bits per heavy atom. The zero-order valence-electron chi connectivity index (χ0n) is 27.6. The van der Waals surface area contributed by atoms with Crippen LogP contribution in [0.1, 0.15) is 42.6 Å². The standard InChI is InChI=1S/C37H41ClN4O6S/c1-24(2)31-17-27-21-42(22-28-19-39-40-36(28)26-9-11-29(38)12-10-26)16-15-33(27)48-37(31)32-18-30(13-14-34(32)47-23-35(43)44)49(45,46)41(3)20-25-7-5-4-6-8-25/h4-14,18-19,27,31,33,37H,1,15-17,20-23H2,2-3H3,(H,39,40)(H,43,44)/t27-,31-,33+,37+/m1/s1. The van der Waals surface area contributed by atoms with E-state index in [0.717, 1.165) is 60.4 Å². The summed E-state index contributed by atoms with van der Waals surface area (Å²) in [4.78, 5) is 14.0. The molecule has 49 heavy (non-hydrogen) atoms. The smallest absolute Gasteiger partial charge is 0.341 e. The number of ether oxygens (including phenoxy) is 2. The van der Waals surface area contributed by atoms with Crippen LogP contribution in [0.2, 0.25) is 5.02 Å². The molecule has 2 saturated heterocycles. The molecular formula is C37H41ClN4O6S. The normalized spacial score (nSPS) is 21.3. The van der Waals surface area contributed by atoms with E-state index in [1.807, 2.05) is 67.7 Å². The summed E-state index contributed by atoms with van der Waals surface area (Å²) in [5.74, 6) is -0.777. The molecular weight excluding hydrogens is 664 g/mol. The van der Waals surface area contributed by atoms with Gasteiger partial charge in [-0.3, -0.25) is 10.00 Å². The third kappa shape index (κ3) is 7.92. The summed E-state index contributed by atoms with van der Waals surface area (Å²) < 4.78 is 41.5. The van der Waals surface area contributed by atoms with Crippen molar-refractivity contribution < 1.29 is 27.8 Å². The minimum atomic E-state index is -3.90. The quantitative estimate of drug-likeness (QED) is 0.159. The molecule has 4 aromatic rings. The largest absolute Gasteiger partial charge is 0.482 e. The van der Waals surface area contributed by atoms with Gasteiger partial charge in [0.05, 0.1) is 29.0 Å². The number of aromatic amines is 1. The number of nitrogens with zero attached hydrogens (tertiary/aromatic N) is 3. The van der Waals surface area contributed by atoms with Gasteiger partial charge in [-0.1, -0.05) is 66.2 Å². The fourth-order valence-corrected chi connectivity index (χ4v) is 8.26. The van der Waals surface area contributed by atoms with Crippen molar-refractivity contribution in [1.29, 1.82) is 0 Å². The highest BCUT2D eigenvalue weighted by molar-refractivity contribution is 7.89. The molecule has 12 heteroatoms. The van der Waals surface area contributed by atoms with Crippen molar-refractivity contribution >= 4 is 27.6 Å². The number of likely N-dealkylation sites (tertiary alicyclic amines) is 1. The lowest BCUT2D eigenvalue weighted by molar-refractivity contribution is -0.140. The molecule has 0 saturated carbocycles. The molecule has 2 N–H and O–H groups in total. The SMILES string of the molecule is C=C(C)[C@H]1C[C@@H]2CN(Cc3cn[nH]c3-c3ccc(Cl)cc3)CC[C@@H]2O[C@@H]1c1cc(S(=O)(=O)N(C)Cc2ccccc2)ccc1OCC(=O)O. The van der Waals surface area contributed by atoms with Crippen molar-refractivity contribution in [3.8, 4) is 17.0 Å². The number of hydrogen-bond acceptors (Lipinski definition) is 7. The van der Waals surface area contributed by atoms with E-state index in [1.54, 1.807) is 13.1 Å². The fraction of sp³-hybridized carbons (Fsp3) is 0.351. The molecule has 6 rings (SSSR count). The predicted molar refractivity (Wildman–Crippen MR) is 188 cm³/mol. The van der Waals surface area contributed by atoms with Crippen LogP contribution in [0.5, 0.6) is 5.75 Å². The monoisotopic (exact) mass is 704 g/mol. The number of aromatic nitrogens is 2. The minimum Gasteiger partial charge on any atom is -0.482 e. The van der Waals surface area contributed by atoms with Crippen LogP contribution in [-0.4, -0.2) is 71.7 Å². The summed E-state index contributed by atoms with van der Waals surface area (Å²) in [6.07, 6.45) is 2.79. The van der Waals surface area contributed by atoms with E-state index >= 15 is 0 Å². The molecule has 4 atom stereocenters. The van der Waals surface area contributed by atoms with Crippen molar-refractivity contribution in [2.24, 2.45) is 11.8 Å². The number of carbonyl (C=O) groups is 1. The van der Waals surface area contributed by atoms with Gasteiger partial charge in [0.25, 0.3) is 0 Å². The highest BCUT2D eigenvalue weighted by Gasteiger charge is 2.43. The number of benzene rings is 3. The molecule has 0 spiro atoms. The molecule has 0 aliphatic carbocycles. The Hall–Kier alpha value is -4.00. The van der Waals surface area contributed by atoms with E-state index in [2.05, 4.69) is 21.7 Å². The van der Waals surface area contributed by atoms with Gasteiger partial charge in [-0.2, -0.15) is 9.40 Å². The van der Waals surface area contributed by atoms with E-state index in [4.69, 9.17) is 21.1 Å². The van der Waals surface area contributed by atoms with E-state index in [9.17, 15) is 18.3 Å². The van der Waals surface area contributed by atoms with Crippen LogP contribution >= 0.6 is 11.6 Å². The summed E-state index contributed by atoms with van der Waals surface area (Å²) in [6.45, 7) is 8.23. The lowest BCUT2D eigenvalue weighted by Crippen LogP contribution is -2.48. The van der Waals surface area contributed by atoms with Gasteiger partial charge in [0.1, 0.15) is 5.75 Å². The van der Waals surface area contributed by atoms with Crippen LogP contribution < -0.4 is 4.74 Å². The van der Waals surface area contributed by atoms with Gasteiger partial charge >= 0.3 is 5.97 Å². The highest BCUT2D eigenvalue weighted by Crippen LogP contribution is 2.47. The van der Waals surface area contributed by atoms with Crippen LogP contribution in [0, 0.1) is 11.8 Å². The molecule has 0 radical (unpaired) electrons. The van der Waals surface area contributed by atoms with Gasteiger partial charge in [0.2, 0.25) is 10.0 Å². The Bertz CT molecular complexity index is 1900. The van der Waals surface area contributed by atoms with Crippen molar-refractivity contribution in [1.82, 2.24) is 19.4 Å². The number of rotatable bonds is 12. The minimum absolute atomic E-state index is 0.0784. The van der Waals surface area contributed by atoms with E-state index in [-0.39, 0.29) is 35.1 Å². The molecule has 0 bridgehead atoms. The number of fused-ring (bicyclic) bond motifs is 1. The van der Waals surface area contributed by atoms with Gasteiger partial charge in [0.15, 0.2) is 6.61 Å². The highest BCUT2D eigenvalue weighted by atomic mass is 35.5. The zero-order chi connectivity index (χ0) is 34.7. The van der Waals surface area contributed by atoms with Gasteiger partial charge < -0.3 is 14.6 Å². The molecule has 2 fully saturated rings. The molecule has 3 aromatic carbocycles. The Balaban J connectivity index is 1.24. The van der Waals surface area contributed by atoms with Crippen LogP contribution in [0.25, 0.3) is 11.3 Å². The van der Waals surface area contributed by atoms with Crippen molar-refractivity contribution in [3.63, 3.8) is 0 Å². The number of H-pyrrole nitrogens is 1. The van der Waals surface area contributed by atoms with Crippen LogP contribution in [0.3, 0.4) is 0 Å². The average Bonchev–Trinajstić information content (AvgIpc) is 3.55. The van der Waals surface area contributed by atoms with E-state index < -0.39 is 28.7 Å². The van der Waals surface area contributed by atoms with Crippen LogP contribution in [-0.2, 0) is 32.6 Å². The molecule has 10 nitrogen and oxygen atoms in total. The number of carboxylic acids is 1. The predicted octanol–water partition coefficient (Wildman–Crippen LogP) is 6.56. The number of carboxylic acid groups (broad SMARTS) is 1. The number of halogens is 1. The average molecular weight is 705 g/mol. The van der Waals surface area contributed by atoms with Gasteiger partial charge in [0, 0.05) is 55.3 Å². The molecule has 0 amide bonds. The number of sulfonamides is 1. The third-order valence-electron chi connectivity index (χ3n) is 9.46. The molecule has 2 aliphatic rings. The topological polar surface area (TPSA) is 125 Å². The summed E-state index contributed by atoms with van der Waals surface area (Å²) in [5.41, 5.74) is 5.36. The molecule has 1 aromatic heterocycles. The summed E-state index contributed by atoms with van der Waals surface area (Å²) in [5, 5.41) is 17.5. The second kappa shape index (κ2) is 14.9. The van der Waals surface area contributed by atoms with Crippen molar-refractivity contribution in [2.45, 2.75) is 50.0 Å². The molecule has 258 valence electrons. The number of piperidine rings is 1. The summed E-state index contributed by atoms with van der Waals surface area (Å²) in [6, 6.07) is 21.7. The van der Waals surface area contributed by atoms with Crippen LogP contribution in [0.15, 0.2) is 96.0 Å². The number of aliphatic carboxylic acids is 1. The van der Waals surface area contributed by atoms with Gasteiger partial charge in [-0.05, 0) is 67.1 Å². The Labute approximate surface area is 292 Å². The third-order valence-corrected chi connectivity index (χ3v) is 11.5. The van der Waals surface area contributed by atoms with Gasteiger partial charge in [-0.25, -0.2) is 13.2 Å². The van der Waals surface area contributed by atoms with Gasteiger partial charge in [-0.15, -0.1) is 0 Å². The first kappa shape index (κ1) is 34.8. The van der Waals surface area contributed by atoms with Crippen molar-refractivity contribution in [2.75, 3.05) is 26.7 Å². The molecule has 0 unspecified atom stereocenters. The maximum absolute atomic E-state index is 13.8. The Morgan fingerprint density at radius 2 is 1.92 bits per heavy atom. The zero-order valence-corrected chi connectivity index (χ0v) is 29.2. The first-order chi connectivity index (χ1) is 23.5. The Kier molecular flexibility index (Phi) is 10.6. The maximum atomic E-state index is 13.8. The first-order valence-electron chi connectivity index (χ1n) is 16.3. The first-order valence-corrected chi connectivity index (χ1v) is 18.1. The van der Waals surface area contributed by atoms with Crippen LogP contribution in [0.4, 0.5) is 0 Å². The molecule has 3 heterocycles. The maximum Gasteiger partial charge on any atom is 0.341 e. The summed E-state index contributed by atoms with van der Waals surface area (Å²) >= 11 is 6.11. The van der Waals surface area contributed by atoms with Crippen molar-refractivity contribution in [3.05, 3.63) is 113 Å². The fourth-order valence-electron chi connectivity index (χ4n) is 6.94. The van der Waals surface area contributed by atoms with E-state index in [1.165, 1.54) is 16.4 Å². The lowest BCUT2D eigenvalue weighted by atomic mass is 9.76. The Morgan fingerprint density at radius 3 is 2.63 bits per heavy atom. The van der Waals surface area contributed by atoms with E-state index in [0.29, 0.717) is 10.6 Å². The second-order valence-electron chi connectivity index (χ2n) is 13.0.